The Labute approximate surface area is 200 Å². The van der Waals surface area contributed by atoms with Gasteiger partial charge in [-0.25, -0.2) is 9.37 Å². The Morgan fingerprint density at radius 2 is 1.79 bits per heavy atom. The summed E-state index contributed by atoms with van der Waals surface area (Å²) in [6, 6.07) is 10.2. The van der Waals surface area contributed by atoms with Crippen LogP contribution in [0.3, 0.4) is 0 Å². The maximum Gasteiger partial charge on any atom is 0.158 e. The molecule has 0 saturated heterocycles. The number of aromatic nitrogens is 4. The van der Waals surface area contributed by atoms with E-state index in [2.05, 4.69) is 35.8 Å². The van der Waals surface area contributed by atoms with E-state index in [9.17, 15) is 4.39 Å². The van der Waals surface area contributed by atoms with Gasteiger partial charge in [0.2, 0.25) is 0 Å². The third-order valence-corrected chi connectivity index (χ3v) is 5.30. The third kappa shape index (κ3) is 3.99. The fraction of sp³-hybridized carbons (Fsp3) is 0.238. The van der Waals surface area contributed by atoms with E-state index in [4.69, 9.17) is 23.2 Å². The summed E-state index contributed by atoms with van der Waals surface area (Å²) in [6.07, 6.45) is 0. The van der Waals surface area contributed by atoms with Gasteiger partial charge in [-0.05, 0) is 23.8 Å². The molecule has 0 aliphatic heterocycles. The molecule has 4 aromatic rings. The molecule has 0 atom stereocenters. The normalized spacial score (nSPS) is 11.7. The van der Waals surface area contributed by atoms with Crippen molar-refractivity contribution in [3.63, 3.8) is 0 Å². The summed E-state index contributed by atoms with van der Waals surface area (Å²) in [6.45, 7) is 6.17. The van der Waals surface area contributed by atoms with Crippen LogP contribution in [0.15, 0.2) is 36.4 Å². The Bertz CT molecular complexity index is 1210. The minimum absolute atomic E-state index is 0. The number of aromatic amines is 1. The van der Waals surface area contributed by atoms with E-state index in [1.807, 2.05) is 13.1 Å². The monoisotopic (exact) mass is 439 g/mol. The van der Waals surface area contributed by atoms with Gasteiger partial charge in [0.25, 0.3) is 0 Å². The van der Waals surface area contributed by atoms with E-state index in [-0.39, 0.29) is 40.8 Å². The van der Waals surface area contributed by atoms with Gasteiger partial charge in [-0.2, -0.15) is 5.10 Å². The Morgan fingerprint density at radius 1 is 1.10 bits per heavy atom. The minimum atomic E-state index is -0.304. The van der Waals surface area contributed by atoms with E-state index >= 15 is 0 Å². The summed E-state index contributed by atoms with van der Waals surface area (Å²) >= 11 is 13.1. The number of hydrogen-bond acceptors (Lipinski definition) is 2. The maximum atomic E-state index is 14.2. The quantitative estimate of drug-likeness (QED) is 0.389. The van der Waals surface area contributed by atoms with Crippen LogP contribution in [0.1, 0.15) is 26.5 Å². The summed E-state index contributed by atoms with van der Waals surface area (Å²) in [5, 5.41) is 5.56. The maximum absolute atomic E-state index is 14.2. The number of nitrogens with zero attached hydrogens (tertiary/aromatic N) is 3. The van der Waals surface area contributed by atoms with Gasteiger partial charge >= 0.3 is 0 Å². The van der Waals surface area contributed by atoms with Crippen molar-refractivity contribution >= 4 is 63.8 Å². The standard InChI is InChI=1S/C21H19Cl2FN4.Na/c1-21(2,3)19-16(23)18(28(4)27-19)20-25-15-10-11(9-13(22)17(15)26-20)12-7-5-6-8-14(12)24;/h5-10H,1-4H3,(H,25,26);. The number of H-pyrrole nitrogens is 1. The van der Waals surface area contributed by atoms with Crippen LogP contribution in [0.5, 0.6) is 0 Å². The molecule has 0 aliphatic carbocycles. The zero-order valence-electron chi connectivity index (χ0n) is 16.9. The first-order chi connectivity index (χ1) is 13.2. The van der Waals surface area contributed by atoms with Gasteiger partial charge in [-0.15, -0.1) is 0 Å². The summed E-state index contributed by atoms with van der Waals surface area (Å²) < 4.78 is 15.9. The molecule has 2 aromatic carbocycles. The molecule has 0 unspecified atom stereocenters. The molecule has 1 radical (unpaired) electrons. The predicted molar refractivity (Wildman–Crippen MR) is 118 cm³/mol. The second-order valence-electron chi connectivity index (χ2n) is 7.80. The van der Waals surface area contributed by atoms with Crippen LogP contribution >= 0.6 is 23.2 Å². The summed E-state index contributed by atoms with van der Waals surface area (Å²) in [7, 11) is 1.83. The number of hydrogen-bond donors (Lipinski definition) is 1. The number of aryl methyl sites for hydroxylation is 1. The third-order valence-electron chi connectivity index (χ3n) is 4.65. The zero-order chi connectivity index (χ0) is 20.2. The molecule has 0 bridgehead atoms. The number of imidazole rings is 1. The molecule has 0 saturated carbocycles. The average Bonchev–Trinajstić information content (AvgIpc) is 3.15. The Balaban J connectivity index is 0.00000240. The first-order valence-corrected chi connectivity index (χ1v) is 9.60. The van der Waals surface area contributed by atoms with E-state index in [1.165, 1.54) is 6.07 Å². The topological polar surface area (TPSA) is 46.5 Å². The predicted octanol–water partition coefficient (Wildman–Crippen LogP) is 5.99. The molecule has 0 fully saturated rings. The zero-order valence-corrected chi connectivity index (χ0v) is 20.5. The van der Waals surface area contributed by atoms with Crippen molar-refractivity contribution in [2.45, 2.75) is 26.2 Å². The van der Waals surface area contributed by atoms with Crippen molar-refractivity contribution in [1.82, 2.24) is 19.7 Å². The van der Waals surface area contributed by atoms with Crippen LogP contribution in [0.2, 0.25) is 10.0 Å². The molecule has 0 aliphatic rings. The van der Waals surface area contributed by atoms with Gasteiger partial charge in [0.1, 0.15) is 17.0 Å². The number of benzene rings is 2. The fourth-order valence-corrected chi connectivity index (χ4v) is 4.07. The molecular weight excluding hydrogens is 421 g/mol. The molecule has 4 nitrogen and oxygen atoms in total. The fourth-order valence-electron chi connectivity index (χ4n) is 3.27. The molecule has 0 spiro atoms. The van der Waals surface area contributed by atoms with Crippen LogP contribution < -0.4 is 0 Å². The molecule has 29 heavy (non-hydrogen) atoms. The number of rotatable bonds is 2. The van der Waals surface area contributed by atoms with Crippen molar-refractivity contribution in [2.75, 3.05) is 0 Å². The molecule has 2 aromatic heterocycles. The average molecular weight is 440 g/mol. The van der Waals surface area contributed by atoms with Gasteiger partial charge in [-0.1, -0.05) is 62.2 Å². The first-order valence-electron chi connectivity index (χ1n) is 8.84. The molecular formula is C21H19Cl2FN4Na. The van der Waals surface area contributed by atoms with Gasteiger partial charge < -0.3 is 4.98 Å². The van der Waals surface area contributed by atoms with Crippen molar-refractivity contribution < 1.29 is 4.39 Å². The number of nitrogens with one attached hydrogen (secondary N) is 1. The van der Waals surface area contributed by atoms with Gasteiger partial charge in [0.15, 0.2) is 5.82 Å². The molecule has 145 valence electrons. The van der Waals surface area contributed by atoms with E-state index < -0.39 is 0 Å². The van der Waals surface area contributed by atoms with Crippen LogP contribution in [-0.4, -0.2) is 49.3 Å². The summed E-state index contributed by atoms with van der Waals surface area (Å²) in [5.41, 5.74) is 3.75. The van der Waals surface area contributed by atoms with Gasteiger partial charge in [-0.3, -0.25) is 4.68 Å². The van der Waals surface area contributed by atoms with Crippen molar-refractivity contribution in [2.24, 2.45) is 7.05 Å². The minimum Gasteiger partial charge on any atom is -0.337 e. The molecule has 1 N–H and O–H groups in total. The van der Waals surface area contributed by atoms with E-state index in [0.717, 1.165) is 5.69 Å². The van der Waals surface area contributed by atoms with Crippen molar-refractivity contribution in [3.8, 4) is 22.6 Å². The Hall–Kier alpha value is -1.37. The second-order valence-corrected chi connectivity index (χ2v) is 8.59. The van der Waals surface area contributed by atoms with Crippen molar-refractivity contribution in [3.05, 3.63) is 58.0 Å². The number of fused-ring (bicyclic) bond motifs is 1. The van der Waals surface area contributed by atoms with Crippen molar-refractivity contribution in [1.29, 1.82) is 0 Å². The van der Waals surface area contributed by atoms with Crippen LogP contribution in [0.4, 0.5) is 4.39 Å². The SMILES string of the molecule is Cn1nc(C(C)(C)C)c(Cl)c1-c1nc2c(Cl)cc(-c3ccccc3F)cc2[nH]1.[Na]. The largest absolute Gasteiger partial charge is 0.337 e. The van der Waals surface area contributed by atoms with E-state index in [1.54, 1.807) is 28.9 Å². The smallest absolute Gasteiger partial charge is 0.158 e. The Morgan fingerprint density at radius 3 is 2.41 bits per heavy atom. The van der Waals surface area contributed by atoms with Crippen LogP contribution in [0, 0.1) is 5.82 Å². The van der Waals surface area contributed by atoms with Gasteiger partial charge in [0, 0.05) is 47.6 Å². The van der Waals surface area contributed by atoms with Gasteiger partial charge in [0.05, 0.1) is 21.3 Å². The second kappa shape index (κ2) is 8.05. The Kier molecular flexibility index (Phi) is 6.19. The molecule has 8 heteroatoms. The van der Waals surface area contributed by atoms with Crippen LogP contribution in [0.25, 0.3) is 33.7 Å². The van der Waals surface area contributed by atoms with E-state index in [0.29, 0.717) is 43.7 Å². The molecule has 4 rings (SSSR count). The van der Waals surface area contributed by atoms with Crippen LogP contribution in [-0.2, 0) is 12.5 Å². The molecule has 2 heterocycles. The first kappa shape index (κ1) is 22.3. The summed E-state index contributed by atoms with van der Waals surface area (Å²) in [4.78, 5) is 7.90. The summed E-state index contributed by atoms with van der Waals surface area (Å²) in [5.74, 6) is 0.264. The number of halogens is 3. The molecule has 0 amide bonds.